The van der Waals surface area contributed by atoms with Gasteiger partial charge in [0.15, 0.2) is 0 Å². The van der Waals surface area contributed by atoms with E-state index in [9.17, 15) is 0 Å². The van der Waals surface area contributed by atoms with Crippen LogP contribution >= 0.6 is 0 Å². The summed E-state index contributed by atoms with van der Waals surface area (Å²) in [5.74, 6) is 0. The molecule has 0 bridgehead atoms. The highest BCUT2D eigenvalue weighted by Crippen LogP contribution is 2.38. The van der Waals surface area contributed by atoms with E-state index in [4.69, 9.17) is 9.47 Å². The first-order chi connectivity index (χ1) is 9.28. The third-order valence-electron chi connectivity index (χ3n) is 4.73. The Balaban J connectivity index is 1.85. The zero-order valence-electron chi connectivity index (χ0n) is 12.7. The Labute approximate surface area is 118 Å². The topological polar surface area (TPSA) is 30.5 Å². The molecule has 0 radical (unpaired) electrons. The average molecular weight is 269 g/mol. The second kappa shape index (κ2) is 7.61. The number of methoxy groups -OCH3 is 1. The molecule has 1 N–H and O–H groups in total. The first-order valence-corrected chi connectivity index (χ1v) is 8.17. The van der Waals surface area contributed by atoms with Crippen LogP contribution in [0.5, 0.6) is 0 Å². The molecule has 1 heterocycles. The lowest BCUT2D eigenvalue weighted by Gasteiger charge is -2.44. The van der Waals surface area contributed by atoms with Crippen molar-refractivity contribution in [1.29, 1.82) is 0 Å². The summed E-state index contributed by atoms with van der Waals surface area (Å²) in [6.07, 6.45) is 11.4. The minimum Gasteiger partial charge on any atom is -0.383 e. The van der Waals surface area contributed by atoms with Gasteiger partial charge in [-0.3, -0.25) is 0 Å². The molecule has 2 atom stereocenters. The van der Waals surface area contributed by atoms with Crippen molar-refractivity contribution in [3.05, 3.63) is 0 Å². The molecule has 0 aromatic heterocycles. The molecule has 0 aromatic carbocycles. The van der Waals surface area contributed by atoms with Crippen LogP contribution in [0.3, 0.4) is 0 Å². The molecule has 0 aromatic rings. The van der Waals surface area contributed by atoms with Crippen LogP contribution in [0.1, 0.15) is 64.7 Å². The molecule has 112 valence electrons. The molecule has 3 nitrogen and oxygen atoms in total. The van der Waals surface area contributed by atoms with E-state index in [-0.39, 0.29) is 5.60 Å². The molecule has 2 unspecified atom stereocenters. The van der Waals surface area contributed by atoms with Gasteiger partial charge >= 0.3 is 0 Å². The van der Waals surface area contributed by atoms with Gasteiger partial charge in [-0.25, -0.2) is 0 Å². The Hall–Kier alpha value is -0.120. The molecule has 1 spiro atoms. The van der Waals surface area contributed by atoms with Crippen LogP contribution in [0, 0.1) is 0 Å². The zero-order chi connectivity index (χ0) is 13.6. The van der Waals surface area contributed by atoms with Gasteiger partial charge in [0.2, 0.25) is 0 Å². The highest BCUT2D eigenvalue weighted by Gasteiger charge is 2.38. The summed E-state index contributed by atoms with van der Waals surface area (Å²) in [7, 11) is 1.80. The van der Waals surface area contributed by atoms with Crippen molar-refractivity contribution in [1.82, 2.24) is 5.32 Å². The zero-order valence-corrected chi connectivity index (χ0v) is 12.7. The standard InChI is InChI=1S/C16H31NO2/c1-3-7-15(13-18-2)17-14-8-11-19-16(12-14)9-5-4-6-10-16/h14-15,17H,3-13H2,1-2H3. The third kappa shape index (κ3) is 4.44. The Morgan fingerprint density at radius 2 is 2.11 bits per heavy atom. The summed E-state index contributed by atoms with van der Waals surface area (Å²) in [4.78, 5) is 0. The van der Waals surface area contributed by atoms with Gasteiger partial charge in [-0.1, -0.05) is 32.6 Å². The van der Waals surface area contributed by atoms with E-state index in [0.717, 1.165) is 19.6 Å². The molecule has 2 aliphatic rings. The van der Waals surface area contributed by atoms with Gasteiger partial charge in [-0.15, -0.1) is 0 Å². The second-order valence-corrected chi connectivity index (χ2v) is 6.39. The van der Waals surface area contributed by atoms with Crippen molar-refractivity contribution < 1.29 is 9.47 Å². The second-order valence-electron chi connectivity index (χ2n) is 6.39. The predicted molar refractivity (Wildman–Crippen MR) is 78.5 cm³/mol. The summed E-state index contributed by atoms with van der Waals surface area (Å²) >= 11 is 0. The van der Waals surface area contributed by atoms with Crippen molar-refractivity contribution in [2.75, 3.05) is 20.3 Å². The summed E-state index contributed by atoms with van der Waals surface area (Å²) in [5, 5.41) is 3.82. The molecule has 1 saturated carbocycles. The number of ether oxygens (including phenoxy) is 2. The van der Waals surface area contributed by atoms with E-state index in [1.165, 1.54) is 51.4 Å². The van der Waals surface area contributed by atoms with Gasteiger partial charge in [0.1, 0.15) is 0 Å². The van der Waals surface area contributed by atoms with E-state index in [2.05, 4.69) is 12.2 Å². The van der Waals surface area contributed by atoms with E-state index >= 15 is 0 Å². The lowest BCUT2D eigenvalue weighted by Crippen LogP contribution is -2.51. The Bertz CT molecular complexity index is 240. The number of hydrogen-bond acceptors (Lipinski definition) is 3. The molecule has 1 aliphatic heterocycles. The Morgan fingerprint density at radius 1 is 1.32 bits per heavy atom. The van der Waals surface area contributed by atoms with Crippen LogP contribution in [0.2, 0.25) is 0 Å². The van der Waals surface area contributed by atoms with Gasteiger partial charge < -0.3 is 14.8 Å². The third-order valence-corrected chi connectivity index (χ3v) is 4.73. The molecule has 19 heavy (non-hydrogen) atoms. The van der Waals surface area contributed by atoms with Crippen LogP contribution < -0.4 is 5.32 Å². The Morgan fingerprint density at radius 3 is 2.79 bits per heavy atom. The van der Waals surface area contributed by atoms with E-state index in [1.807, 2.05) is 0 Å². The van der Waals surface area contributed by atoms with Gasteiger partial charge in [0, 0.05) is 25.8 Å². The summed E-state index contributed by atoms with van der Waals surface area (Å²) < 4.78 is 11.5. The Kier molecular flexibility index (Phi) is 6.11. The smallest absolute Gasteiger partial charge is 0.0697 e. The van der Waals surface area contributed by atoms with Crippen LogP contribution in [-0.2, 0) is 9.47 Å². The van der Waals surface area contributed by atoms with Gasteiger partial charge in [-0.2, -0.15) is 0 Å². The first kappa shape index (κ1) is 15.3. The minimum absolute atomic E-state index is 0.206. The van der Waals surface area contributed by atoms with Crippen molar-refractivity contribution in [3.63, 3.8) is 0 Å². The first-order valence-electron chi connectivity index (χ1n) is 8.17. The molecule has 1 aliphatic carbocycles. The molecule has 1 saturated heterocycles. The number of nitrogens with one attached hydrogen (secondary N) is 1. The van der Waals surface area contributed by atoms with Gasteiger partial charge in [-0.05, 0) is 32.1 Å². The predicted octanol–water partition coefficient (Wildman–Crippen LogP) is 3.27. The van der Waals surface area contributed by atoms with Gasteiger partial charge in [0.05, 0.1) is 12.2 Å². The minimum atomic E-state index is 0.206. The fourth-order valence-electron chi connectivity index (χ4n) is 3.81. The quantitative estimate of drug-likeness (QED) is 0.803. The maximum Gasteiger partial charge on any atom is 0.0697 e. The fourth-order valence-corrected chi connectivity index (χ4v) is 3.81. The van der Waals surface area contributed by atoms with Crippen LogP contribution in [0.4, 0.5) is 0 Å². The maximum absolute atomic E-state index is 6.17. The fraction of sp³-hybridized carbons (Fsp3) is 1.00. The summed E-state index contributed by atoms with van der Waals surface area (Å²) in [5.41, 5.74) is 0.206. The average Bonchev–Trinajstić information content (AvgIpc) is 2.40. The highest BCUT2D eigenvalue weighted by molar-refractivity contribution is 4.92. The van der Waals surface area contributed by atoms with E-state index in [1.54, 1.807) is 7.11 Å². The van der Waals surface area contributed by atoms with Crippen molar-refractivity contribution in [3.8, 4) is 0 Å². The molecule has 3 heteroatoms. The summed E-state index contributed by atoms with van der Waals surface area (Å²) in [6.45, 7) is 4.01. The van der Waals surface area contributed by atoms with Crippen LogP contribution in [0.25, 0.3) is 0 Å². The van der Waals surface area contributed by atoms with E-state index < -0.39 is 0 Å². The van der Waals surface area contributed by atoms with Crippen LogP contribution in [-0.4, -0.2) is 38.0 Å². The van der Waals surface area contributed by atoms with Crippen LogP contribution in [0.15, 0.2) is 0 Å². The van der Waals surface area contributed by atoms with E-state index in [0.29, 0.717) is 12.1 Å². The SMILES string of the molecule is CCCC(COC)NC1CCOC2(CCCCC2)C1. The largest absolute Gasteiger partial charge is 0.383 e. The van der Waals surface area contributed by atoms with Gasteiger partial charge in [0.25, 0.3) is 0 Å². The van der Waals surface area contributed by atoms with Crippen molar-refractivity contribution in [2.24, 2.45) is 0 Å². The molecule has 2 rings (SSSR count). The lowest BCUT2D eigenvalue weighted by atomic mass is 9.78. The highest BCUT2D eigenvalue weighted by atomic mass is 16.5. The van der Waals surface area contributed by atoms with Crippen molar-refractivity contribution >= 4 is 0 Å². The number of rotatable bonds is 6. The molecular weight excluding hydrogens is 238 g/mol. The van der Waals surface area contributed by atoms with Crippen molar-refractivity contribution in [2.45, 2.75) is 82.4 Å². The molecule has 2 fully saturated rings. The number of hydrogen-bond donors (Lipinski definition) is 1. The summed E-state index contributed by atoms with van der Waals surface area (Å²) in [6, 6.07) is 1.14. The lowest BCUT2D eigenvalue weighted by molar-refractivity contribution is -0.110. The normalized spacial score (nSPS) is 28.4. The maximum atomic E-state index is 6.17. The molecular formula is C16H31NO2. The monoisotopic (exact) mass is 269 g/mol. The molecule has 0 amide bonds.